The van der Waals surface area contributed by atoms with Gasteiger partial charge in [0.1, 0.15) is 0 Å². The van der Waals surface area contributed by atoms with Gasteiger partial charge in [-0.2, -0.15) is 4.31 Å². The fraction of sp³-hybridized carbons (Fsp3) is 0.364. The van der Waals surface area contributed by atoms with Gasteiger partial charge in [0.15, 0.2) is 6.10 Å². The number of hydrogen-bond acceptors (Lipinski definition) is 5. The number of hydrogen-bond donors (Lipinski definition) is 1. The van der Waals surface area contributed by atoms with Gasteiger partial charge < -0.3 is 10.1 Å². The van der Waals surface area contributed by atoms with E-state index in [2.05, 4.69) is 12.2 Å². The number of sulfonamides is 1. The molecule has 2 aromatic carbocycles. The summed E-state index contributed by atoms with van der Waals surface area (Å²) in [4.78, 5) is 24.9. The lowest BCUT2D eigenvalue weighted by Crippen LogP contribution is -2.37. The van der Waals surface area contributed by atoms with Gasteiger partial charge in [0.25, 0.3) is 5.91 Å². The Morgan fingerprint density at radius 3 is 2.34 bits per heavy atom. The summed E-state index contributed by atoms with van der Waals surface area (Å²) in [6.45, 7) is 4.49. The fourth-order valence-corrected chi connectivity index (χ4v) is 5.05. The van der Waals surface area contributed by atoms with Crippen LogP contribution in [0.2, 0.25) is 10.0 Å². The Kier molecular flexibility index (Phi) is 7.82. The summed E-state index contributed by atoms with van der Waals surface area (Å²) < 4.78 is 32.3. The Bertz CT molecular complexity index is 1100. The number of benzene rings is 2. The average Bonchev–Trinajstić information content (AvgIpc) is 2.76. The number of ether oxygens (including phenoxy) is 1. The number of amides is 1. The first-order valence-corrected chi connectivity index (χ1v) is 12.3. The molecule has 0 radical (unpaired) electrons. The first-order valence-electron chi connectivity index (χ1n) is 10.1. The molecule has 1 aliphatic heterocycles. The van der Waals surface area contributed by atoms with Crippen LogP contribution >= 0.6 is 23.2 Å². The number of rotatable bonds is 6. The summed E-state index contributed by atoms with van der Waals surface area (Å²) in [5, 5.41) is 3.24. The average molecular weight is 499 g/mol. The third kappa shape index (κ3) is 5.81. The van der Waals surface area contributed by atoms with Gasteiger partial charge >= 0.3 is 5.97 Å². The van der Waals surface area contributed by atoms with Crippen molar-refractivity contribution in [2.45, 2.75) is 37.7 Å². The van der Waals surface area contributed by atoms with E-state index in [1.807, 2.05) is 0 Å². The normalized spacial score (nSPS) is 16.4. The zero-order valence-corrected chi connectivity index (χ0v) is 20.0. The standard InChI is InChI=1S/C22H24Cl2N2O5S/c1-14-9-11-26(12-10-14)32(29,30)18-6-3-16(4-7-18)22(28)31-15(2)21(27)25-20-13-17(23)5-8-19(20)24/h3-8,13-15H,9-12H2,1-2H3,(H,25,27). The highest BCUT2D eigenvalue weighted by atomic mass is 35.5. The van der Waals surface area contributed by atoms with Crippen LogP contribution in [-0.2, 0) is 19.6 Å². The van der Waals surface area contributed by atoms with E-state index in [1.165, 1.54) is 47.6 Å². The topological polar surface area (TPSA) is 92.8 Å². The molecule has 1 aliphatic rings. The number of piperidine rings is 1. The van der Waals surface area contributed by atoms with E-state index < -0.39 is 28.0 Å². The Labute approximate surface area is 197 Å². The van der Waals surface area contributed by atoms with Gasteiger partial charge in [-0.25, -0.2) is 13.2 Å². The lowest BCUT2D eigenvalue weighted by molar-refractivity contribution is -0.123. The molecule has 1 saturated heterocycles. The van der Waals surface area contributed by atoms with Crippen molar-refractivity contribution in [2.24, 2.45) is 5.92 Å². The number of carbonyl (C=O) groups excluding carboxylic acids is 2. The maximum Gasteiger partial charge on any atom is 0.338 e. The molecular weight excluding hydrogens is 475 g/mol. The smallest absolute Gasteiger partial charge is 0.338 e. The van der Waals surface area contributed by atoms with Crippen LogP contribution in [0.15, 0.2) is 47.4 Å². The SMILES string of the molecule is CC1CCN(S(=O)(=O)c2ccc(C(=O)OC(C)C(=O)Nc3cc(Cl)ccc3Cl)cc2)CC1. The van der Waals surface area contributed by atoms with Crippen LogP contribution in [-0.4, -0.2) is 43.8 Å². The molecule has 3 rings (SSSR count). The molecule has 1 heterocycles. The molecule has 1 atom stereocenters. The van der Waals surface area contributed by atoms with E-state index >= 15 is 0 Å². The van der Waals surface area contributed by atoms with Gasteiger partial charge in [-0.15, -0.1) is 0 Å². The van der Waals surface area contributed by atoms with Crippen LogP contribution in [0.25, 0.3) is 0 Å². The lowest BCUT2D eigenvalue weighted by atomic mass is 10.0. The van der Waals surface area contributed by atoms with E-state index in [9.17, 15) is 18.0 Å². The number of nitrogens with one attached hydrogen (secondary N) is 1. The van der Waals surface area contributed by atoms with Gasteiger partial charge in [0.2, 0.25) is 10.0 Å². The summed E-state index contributed by atoms with van der Waals surface area (Å²) in [5.74, 6) is -0.825. The zero-order valence-electron chi connectivity index (χ0n) is 17.7. The number of esters is 1. The van der Waals surface area contributed by atoms with Crippen molar-refractivity contribution in [3.8, 4) is 0 Å². The predicted molar refractivity (Wildman–Crippen MR) is 124 cm³/mol. The first-order chi connectivity index (χ1) is 15.1. The molecule has 7 nitrogen and oxygen atoms in total. The van der Waals surface area contributed by atoms with Gasteiger partial charge in [-0.05, 0) is 68.1 Å². The molecule has 1 fully saturated rings. The summed E-state index contributed by atoms with van der Waals surface area (Å²) in [5.41, 5.74) is 0.436. The van der Waals surface area contributed by atoms with E-state index in [-0.39, 0.29) is 10.5 Å². The Balaban J connectivity index is 1.62. The minimum absolute atomic E-state index is 0.116. The van der Waals surface area contributed by atoms with Crippen LogP contribution in [0.1, 0.15) is 37.0 Å². The molecule has 0 saturated carbocycles. The van der Waals surface area contributed by atoms with Crippen molar-refractivity contribution in [1.29, 1.82) is 0 Å². The number of nitrogens with zero attached hydrogens (tertiary/aromatic N) is 1. The molecule has 0 aliphatic carbocycles. The Morgan fingerprint density at radius 2 is 1.72 bits per heavy atom. The van der Waals surface area contributed by atoms with Gasteiger partial charge in [0, 0.05) is 18.1 Å². The highest BCUT2D eigenvalue weighted by Gasteiger charge is 2.28. The number of halogens is 2. The maximum absolute atomic E-state index is 12.8. The van der Waals surface area contributed by atoms with E-state index in [4.69, 9.17) is 27.9 Å². The largest absolute Gasteiger partial charge is 0.449 e. The second-order valence-electron chi connectivity index (χ2n) is 7.77. The van der Waals surface area contributed by atoms with Crippen LogP contribution in [0, 0.1) is 5.92 Å². The quantitative estimate of drug-likeness (QED) is 0.587. The molecule has 1 amide bonds. The molecule has 1 unspecified atom stereocenters. The van der Waals surface area contributed by atoms with Crippen molar-refractivity contribution in [3.63, 3.8) is 0 Å². The summed E-state index contributed by atoms with van der Waals surface area (Å²) in [7, 11) is -3.61. The van der Waals surface area contributed by atoms with Crippen molar-refractivity contribution in [2.75, 3.05) is 18.4 Å². The summed E-state index contributed by atoms with van der Waals surface area (Å²) >= 11 is 11.9. The minimum Gasteiger partial charge on any atom is -0.449 e. The first kappa shape index (κ1) is 24.5. The molecule has 2 aromatic rings. The third-order valence-corrected chi connectivity index (χ3v) is 7.79. The molecule has 0 spiro atoms. The van der Waals surface area contributed by atoms with Crippen LogP contribution in [0.5, 0.6) is 0 Å². The summed E-state index contributed by atoms with van der Waals surface area (Å²) in [6.07, 6.45) is 0.532. The van der Waals surface area contributed by atoms with Crippen molar-refractivity contribution in [1.82, 2.24) is 4.31 Å². The van der Waals surface area contributed by atoms with Crippen LogP contribution in [0.4, 0.5) is 5.69 Å². The van der Waals surface area contributed by atoms with Gasteiger partial charge in [0.05, 0.1) is 21.2 Å². The van der Waals surface area contributed by atoms with Gasteiger partial charge in [-0.3, -0.25) is 4.79 Å². The molecule has 0 aromatic heterocycles. The zero-order chi connectivity index (χ0) is 23.5. The second kappa shape index (κ2) is 10.2. The highest BCUT2D eigenvalue weighted by Crippen LogP contribution is 2.26. The molecule has 0 bridgehead atoms. The molecule has 32 heavy (non-hydrogen) atoms. The molecule has 10 heteroatoms. The van der Waals surface area contributed by atoms with Crippen molar-refractivity contribution in [3.05, 3.63) is 58.1 Å². The summed E-state index contributed by atoms with van der Waals surface area (Å²) in [6, 6.07) is 10.1. The maximum atomic E-state index is 12.8. The van der Waals surface area contributed by atoms with Crippen LogP contribution in [0.3, 0.4) is 0 Å². The highest BCUT2D eigenvalue weighted by molar-refractivity contribution is 7.89. The molecule has 172 valence electrons. The lowest BCUT2D eigenvalue weighted by Gasteiger charge is -2.29. The number of carbonyl (C=O) groups is 2. The van der Waals surface area contributed by atoms with Crippen LogP contribution < -0.4 is 5.32 Å². The van der Waals surface area contributed by atoms with Gasteiger partial charge in [-0.1, -0.05) is 30.1 Å². The van der Waals surface area contributed by atoms with Crippen molar-refractivity contribution < 1.29 is 22.7 Å². The molecular formula is C22H24Cl2N2O5S. The second-order valence-corrected chi connectivity index (χ2v) is 10.6. The predicted octanol–water partition coefficient (Wildman–Crippen LogP) is 4.60. The Morgan fingerprint density at radius 1 is 1.09 bits per heavy atom. The van der Waals surface area contributed by atoms with Crippen molar-refractivity contribution >= 4 is 50.8 Å². The monoisotopic (exact) mass is 498 g/mol. The van der Waals surface area contributed by atoms with E-state index in [1.54, 1.807) is 6.07 Å². The minimum atomic E-state index is -3.61. The fourth-order valence-electron chi connectivity index (χ4n) is 3.25. The third-order valence-electron chi connectivity index (χ3n) is 5.31. The number of anilines is 1. The molecule has 1 N–H and O–H groups in total. The van der Waals surface area contributed by atoms with E-state index in [0.717, 1.165) is 12.8 Å². The Hall–Kier alpha value is -2.13. The van der Waals surface area contributed by atoms with E-state index in [0.29, 0.717) is 34.7 Å².